The fourth-order valence-corrected chi connectivity index (χ4v) is 1.71. The van der Waals surface area contributed by atoms with Crippen molar-refractivity contribution in [2.24, 2.45) is 0 Å². The molecule has 0 atom stereocenters. The van der Waals surface area contributed by atoms with Crippen LogP contribution >= 0.6 is 11.6 Å². The Morgan fingerprint density at radius 3 is 2.83 bits per heavy atom. The summed E-state index contributed by atoms with van der Waals surface area (Å²) in [5.74, 6) is 0.803. The first-order valence-corrected chi connectivity index (χ1v) is 5.78. The van der Waals surface area contributed by atoms with Gasteiger partial charge in [0.25, 0.3) is 0 Å². The van der Waals surface area contributed by atoms with E-state index in [2.05, 4.69) is 25.6 Å². The van der Waals surface area contributed by atoms with Gasteiger partial charge in [0.15, 0.2) is 5.82 Å². The minimum Gasteiger partial charge on any atom is -0.366 e. The molecule has 1 amide bonds. The van der Waals surface area contributed by atoms with E-state index in [1.165, 1.54) is 0 Å². The predicted octanol–water partition coefficient (Wildman–Crippen LogP) is 2.07. The van der Waals surface area contributed by atoms with Crippen LogP contribution in [-0.2, 0) is 4.79 Å². The number of anilines is 2. The predicted molar refractivity (Wildman–Crippen MR) is 70.8 cm³/mol. The highest BCUT2D eigenvalue weighted by Gasteiger charge is 2.09. The lowest BCUT2D eigenvalue weighted by atomic mass is 10.3. The van der Waals surface area contributed by atoms with E-state index in [1.54, 1.807) is 12.3 Å². The molecule has 0 aliphatic carbocycles. The molecular weight excluding hydrogens is 254 g/mol. The number of nitrogens with zero attached hydrogens (tertiary/aromatic N) is 3. The number of carbonyl (C=O) groups excluding carboxylic acids is 1. The molecule has 7 heteroatoms. The van der Waals surface area contributed by atoms with Gasteiger partial charge < -0.3 is 5.32 Å². The van der Waals surface area contributed by atoms with E-state index in [0.29, 0.717) is 22.9 Å². The minimum absolute atomic E-state index is 0.191. The third-order valence-electron chi connectivity index (χ3n) is 2.15. The van der Waals surface area contributed by atoms with Gasteiger partial charge in [-0.2, -0.15) is 0 Å². The van der Waals surface area contributed by atoms with Crippen LogP contribution in [0.15, 0.2) is 12.3 Å². The van der Waals surface area contributed by atoms with Crippen LogP contribution in [0.25, 0.3) is 10.9 Å². The molecule has 0 aromatic carbocycles. The quantitative estimate of drug-likeness (QED) is 0.653. The molecule has 0 saturated heterocycles. The van der Waals surface area contributed by atoms with E-state index < -0.39 is 0 Å². The fraction of sp³-hybridized carbons (Fsp3) is 0.273. The van der Waals surface area contributed by atoms with Crippen molar-refractivity contribution in [3.63, 3.8) is 0 Å². The van der Waals surface area contributed by atoms with Crippen molar-refractivity contribution < 1.29 is 4.79 Å². The lowest BCUT2D eigenvalue weighted by molar-refractivity contribution is -0.105. The number of pyridine rings is 1. The van der Waals surface area contributed by atoms with Gasteiger partial charge in [0.05, 0.1) is 0 Å². The monoisotopic (exact) mass is 265 g/mol. The largest absolute Gasteiger partial charge is 0.366 e. The third-order valence-corrected chi connectivity index (χ3v) is 2.34. The molecule has 2 aromatic heterocycles. The number of amides is 1. The molecule has 2 N–H and O–H groups in total. The zero-order valence-corrected chi connectivity index (χ0v) is 10.7. The smallest absolute Gasteiger partial charge is 0.229 e. The van der Waals surface area contributed by atoms with Crippen LogP contribution in [0.5, 0.6) is 0 Å². The average Bonchev–Trinajstić information content (AvgIpc) is 2.29. The van der Waals surface area contributed by atoms with E-state index in [1.807, 2.05) is 13.8 Å². The summed E-state index contributed by atoms with van der Waals surface area (Å²) in [6.45, 7) is 3.97. The lowest BCUT2D eigenvalue weighted by Gasteiger charge is -2.11. The van der Waals surface area contributed by atoms with Crippen LogP contribution in [0.4, 0.5) is 11.8 Å². The van der Waals surface area contributed by atoms with Crippen LogP contribution in [0, 0.1) is 0 Å². The number of hydrogen-bond donors (Lipinski definition) is 2. The molecule has 0 unspecified atom stereocenters. The summed E-state index contributed by atoms with van der Waals surface area (Å²) in [6.07, 6.45) is 2.12. The summed E-state index contributed by atoms with van der Waals surface area (Å²) in [5, 5.41) is 6.68. The Labute approximate surface area is 109 Å². The van der Waals surface area contributed by atoms with Gasteiger partial charge in [-0.15, -0.1) is 0 Å². The van der Waals surface area contributed by atoms with Crippen molar-refractivity contribution in [2.45, 2.75) is 19.9 Å². The molecule has 2 aromatic rings. The van der Waals surface area contributed by atoms with Crippen LogP contribution in [-0.4, -0.2) is 27.4 Å². The molecule has 0 radical (unpaired) electrons. The molecule has 0 bridgehead atoms. The number of halogens is 1. The summed E-state index contributed by atoms with van der Waals surface area (Å²) in [5.41, 5.74) is 0.618. The topological polar surface area (TPSA) is 79.8 Å². The summed E-state index contributed by atoms with van der Waals surface area (Å²) in [7, 11) is 0. The molecule has 18 heavy (non-hydrogen) atoms. The van der Waals surface area contributed by atoms with Crippen molar-refractivity contribution in [3.05, 3.63) is 17.4 Å². The first-order chi connectivity index (χ1) is 8.60. The van der Waals surface area contributed by atoms with E-state index in [0.717, 1.165) is 5.39 Å². The zero-order chi connectivity index (χ0) is 13.1. The highest BCUT2D eigenvalue weighted by molar-refractivity contribution is 6.30. The first kappa shape index (κ1) is 12.5. The Morgan fingerprint density at radius 1 is 1.39 bits per heavy atom. The van der Waals surface area contributed by atoms with Crippen molar-refractivity contribution in [2.75, 3.05) is 10.6 Å². The number of carbonyl (C=O) groups is 1. The molecule has 0 saturated carbocycles. The highest BCUT2D eigenvalue weighted by Crippen LogP contribution is 2.23. The fourth-order valence-electron chi connectivity index (χ4n) is 1.50. The Hall–Kier alpha value is -1.95. The van der Waals surface area contributed by atoms with Crippen LogP contribution < -0.4 is 10.6 Å². The van der Waals surface area contributed by atoms with Gasteiger partial charge in [-0.3, -0.25) is 10.1 Å². The molecule has 2 heterocycles. The van der Waals surface area contributed by atoms with Crippen LogP contribution in [0.2, 0.25) is 5.15 Å². The second-order valence-corrected chi connectivity index (χ2v) is 4.37. The lowest BCUT2D eigenvalue weighted by Crippen LogP contribution is -2.12. The third kappa shape index (κ3) is 2.65. The van der Waals surface area contributed by atoms with Crippen molar-refractivity contribution in [3.8, 4) is 0 Å². The number of rotatable bonds is 4. The Bertz CT molecular complexity index is 587. The molecule has 0 aliphatic rings. The normalized spacial score (nSPS) is 10.7. The van der Waals surface area contributed by atoms with Gasteiger partial charge in [-0.25, -0.2) is 15.0 Å². The standard InChI is InChI=1S/C11H12ClN5O/c1-6(2)15-10-9-7(3-8(12)16-10)4-13-11(17-9)14-5-18/h3-6H,1-2H3,(H,15,16)(H,13,14,17,18). The van der Waals surface area contributed by atoms with E-state index >= 15 is 0 Å². The van der Waals surface area contributed by atoms with E-state index in [4.69, 9.17) is 11.6 Å². The second kappa shape index (κ2) is 5.14. The number of fused-ring (bicyclic) bond motifs is 1. The summed E-state index contributed by atoms with van der Waals surface area (Å²) >= 11 is 5.93. The van der Waals surface area contributed by atoms with Gasteiger partial charge in [0, 0.05) is 17.6 Å². The van der Waals surface area contributed by atoms with E-state index in [-0.39, 0.29) is 12.0 Å². The van der Waals surface area contributed by atoms with Crippen molar-refractivity contribution >= 4 is 40.7 Å². The average molecular weight is 266 g/mol. The summed E-state index contributed by atoms with van der Waals surface area (Å²) in [6, 6.07) is 1.87. The minimum atomic E-state index is 0.191. The molecule has 0 aliphatic heterocycles. The first-order valence-electron chi connectivity index (χ1n) is 5.40. The van der Waals surface area contributed by atoms with Gasteiger partial charge in [-0.1, -0.05) is 11.6 Å². The van der Waals surface area contributed by atoms with E-state index in [9.17, 15) is 4.79 Å². The SMILES string of the molecule is CC(C)Nc1nc(Cl)cc2cnc(NC=O)nc12. The molecule has 0 spiro atoms. The molecule has 2 rings (SSSR count). The van der Waals surface area contributed by atoms with Crippen molar-refractivity contribution in [1.82, 2.24) is 15.0 Å². The van der Waals surface area contributed by atoms with Crippen LogP contribution in [0.1, 0.15) is 13.8 Å². The number of aromatic nitrogens is 3. The second-order valence-electron chi connectivity index (χ2n) is 3.99. The Morgan fingerprint density at radius 2 is 2.17 bits per heavy atom. The number of hydrogen-bond acceptors (Lipinski definition) is 5. The van der Waals surface area contributed by atoms with Gasteiger partial charge in [0.1, 0.15) is 10.7 Å². The highest BCUT2D eigenvalue weighted by atomic mass is 35.5. The van der Waals surface area contributed by atoms with Gasteiger partial charge in [0.2, 0.25) is 12.4 Å². The summed E-state index contributed by atoms with van der Waals surface area (Å²) in [4.78, 5) is 22.8. The van der Waals surface area contributed by atoms with Gasteiger partial charge >= 0.3 is 0 Å². The maximum atomic E-state index is 10.4. The van der Waals surface area contributed by atoms with Crippen molar-refractivity contribution in [1.29, 1.82) is 0 Å². The maximum Gasteiger partial charge on any atom is 0.229 e. The zero-order valence-electron chi connectivity index (χ0n) is 9.94. The maximum absolute atomic E-state index is 10.4. The summed E-state index contributed by atoms with van der Waals surface area (Å²) < 4.78 is 0. The molecule has 0 fully saturated rings. The van der Waals surface area contributed by atoms with Crippen LogP contribution in [0.3, 0.4) is 0 Å². The molecule has 6 nitrogen and oxygen atoms in total. The number of nitrogens with one attached hydrogen (secondary N) is 2. The Balaban J connectivity index is 2.58. The van der Waals surface area contributed by atoms with Gasteiger partial charge in [-0.05, 0) is 19.9 Å². The molecular formula is C11H12ClN5O. The molecule has 94 valence electrons. The Kier molecular flexibility index (Phi) is 3.57.